The molecule has 0 rings (SSSR count). The first-order chi connectivity index (χ1) is 15.3. The highest BCUT2D eigenvalue weighted by Gasteiger charge is 2.29. The Morgan fingerprint density at radius 1 is 0.656 bits per heavy atom. The van der Waals surface area contributed by atoms with E-state index in [0.717, 1.165) is 12.8 Å². The number of rotatable bonds is 20. The molecule has 0 aliphatic heterocycles. The Balaban J connectivity index is 0. The SMILES string of the molecule is CCCCCCCC/C=C/CCCCCCCC(=O)O.OC[C@@H](O)[C@@H](O)[C@H](O)[C@@H](O)CO. The van der Waals surface area contributed by atoms with E-state index in [9.17, 15) is 4.79 Å². The highest BCUT2D eigenvalue weighted by atomic mass is 16.4. The van der Waals surface area contributed by atoms with Crippen LogP contribution in [0.25, 0.3) is 0 Å². The molecular weight excluding hydrogens is 416 g/mol. The Labute approximate surface area is 193 Å². The number of carboxylic acids is 1. The fourth-order valence-corrected chi connectivity index (χ4v) is 3.02. The van der Waals surface area contributed by atoms with Crippen molar-refractivity contribution < 1.29 is 40.5 Å². The molecule has 7 N–H and O–H groups in total. The zero-order chi connectivity index (χ0) is 24.6. The van der Waals surface area contributed by atoms with E-state index in [0.29, 0.717) is 6.42 Å². The molecule has 0 amide bonds. The molecule has 0 aromatic rings. The maximum Gasteiger partial charge on any atom is 0.303 e. The summed E-state index contributed by atoms with van der Waals surface area (Å²) in [6, 6.07) is 0. The first-order valence-corrected chi connectivity index (χ1v) is 12.1. The largest absolute Gasteiger partial charge is 0.481 e. The Bertz CT molecular complexity index is 416. The normalized spacial score (nSPS) is 15.1. The summed E-state index contributed by atoms with van der Waals surface area (Å²) in [5.41, 5.74) is 0. The molecule has 0 spiro atoms. The van der Waals surface area contributed by atoms with Gasteiger partial charge in [0.2, 0.25) is 0 Å². The summed E-state index contributed by atoms with van der Waals surface area (Å²) in [6.45, 7) is 0.807. The molecule has 8 heteroatoms. The summed E-state index contributed by atoms with van der Waals surface area (Å²) in [6.07, 6.45) is 14.8. The number of aliphatic hydroxyl groups excluding tert-OH is 6. The smallest absolute Gasteiger partial charge is 0.303 e. The maximum absolute atomic E-state index is 10.3. The Hall–Kier alpha value is -1.03. The summed E-state index contributed by atoms with van der Waals surface area (Å²) in [4.78, 5) is 10.3. The van der Waals surface area contributed by atoms with Gasteiger partial charge in [0, 0.05) is 6.42 Å². The number of allylic oxidation sites excluding steroid dienone is 2. The van der Waals surface area contributed by atoms with Gasteiger partial charge in [-0.1, -0.05) is 70.4 Å². The first-order valence-electron chi connectivity index (χ1n) is 12.1. The number of aliphatic carboxylic acids is 1. The van der Waals surface area contributed by atoms with Gasteiger partial charge in [-0.3, -0.25) is 4.79 Å². The topological polar surface area (TPSA) is 159 Å². The second kappa shape index (κ2) is 24.6. The first kappa shape index (κ1) is 33.1. The Morgan fingerprint density at radius 3 is 1.41 bits per heavy atom. The second-order valence-electron chi connectivity index (χ2n) is 8.21. The van der Waals surface area contributed by atoms with Gasteiger partial charge in [0.05, 0.1) is 13.2 Å². The molecule has 0 aliphatic carbocycles. The zero-order valence-corrected chi connectivity index (χ0v) is 19.8. The van der Waals surface area contributed by atoms with Crippen molar-refractivity contribution in [1.82, 2.24) is 0 Å². The summed E-state index contributed by atoms with van der Waals surface area (Å²) in [5.74, 6) is -0.664. The molecule has 4 atom stereocenters. The van der Waals surface area contributed by atoms with Crippen LogP contribution in [-0.2, 0) is 4.79 Å². The molecule has 0 aromatic carbocycles. The molecule has 0 radical (unpaired) electrons. The molecule has 0 aromatic heterocycles. The van der Waals surface area contributed by atoms with Gasteiger partial charge in [-0.25, -0.2) is 0 Å². The lowest BCUT2D eigenvalue weighted by Gasteiger charge is -2.24. The van der Waals surface area contributed by atoms with Crippen molar-refractivity contribution in [3.63, 3.8) is 0 Å². The fourth-order valence-electron chi connectivity index (χ4n) is 3.02. The number of hydrogen-bond acceptors (Lipinski definition) is 7. The van der Waals surface area contributed by atoms with E-state index in [-0.39, 0.29) is 0 Å². The van der Waals surface area contributed by atoms with E-state index in [1.807, 2.05) is 0 Å². The van der Waals surface area contributed by atoms with E-state index in [2.05, 4.69) is 19.1 Å². The van der Waals surface area contributed by atoms with E-state index in [1.54, 1.807) is 0 Å². The van der Waals surface area contributed by atoms with E-state index >= 15 is 0 Å². The van der Waals surface area contributed by atoms with Gasteiger partial charge in [0.25, 0.3) is 0 Å². The molecule has 0 bridgehead atoms. The van der Waals surface area contributed by atoms with Crippen LogP contribution in [0.1, 0.15) is 96.8 Å². The lowest BCUT2D eigenvalue weighted by molar-refractivity contribution is -0.137. The third kappa shape index (κ3) is 22.2. The Kier molecular flexibility index (Phi) is 25.5. The van der Waals surface area contributed by atoms with Crippen molar-refractivity contribution in [2.45, 2.75) is 121 Å². The molecule has 32 heavy (non-hydrogen) atoms. The van der Waals surface area contributed by atoms with Crippen molar-refractivity contribution in [2.75, 3.05) is 13.2 Å². The number of carbonyl (C=O) groups is 1. The van der Waals surface area contributed by atoms with Crippen LogP contribution in [0, 0.1) is 0 Å². The summed E-state index contributed by atoms with van der Waals surface area (Å²) >= 11 is 0. The van der Waals surface area contributed by atoms with Crippen molar-refractivity contribution >= 4 is 5.97 Å². The predicted molar refractivity (Wildman–Crippen MR) is 125 cm³/mol. The van der Waals surface area contributed by atoms with Crippen LogP contribution in [0.3, 0.4) is 0 Å². The summed E-state index contributed by atoms with van der Waals surface area (Å²) in [5, 5.41) is 60.7. The maximum atomic E-state index is 10.3. The van der Waals surface area contributed by atoms with Crippen LogP contribution in [-0.4, -0.2) is 79.3 Å². The lowest BCUT2D eigenvalue weighted by atomic mass is 10.0. The minimum absolute atomic E-state index is 0.332. The Morgan fingerprint density at radius 2 is 1.03 bits per heavy atom. The molecule has 0 fully saturated rings. The fraction of sp³-hybridized carbons (Fsp3) is 0.875. The number of carboxylic acid groups (broad SMARTS) is 1. The third-order valence-electron chi connectivity index (χ3n) is 5.16. The van der Waals surface area contributed by atoms with E-state index in [4.69, 9.17) is 35.7 Å². The van der Waals surface area contributed by atoms with Crippen molar-refractivity contribution in [2.24, 2.45) is 0 Å². The van der Waals surface area contributed by atoms with E-state index in [1.165, 1.54) is 70.6 Å². The average Bonchev–Trinajstić information content (AvgIpc) is 2.79. The molecule has 8 nitrogen and oxygen atoms in total. The lowest BCUT2D eigenvalue weighted by Crippen LogP contribution is -2.46. The minimum Gasteiger partial charge on any atom is -0.481 e. The molecule has 0 unspecified atom stereocenters. The van der Waals surface area contributed by atoms with Crippen LogP contribution in [0.2, 0.25) is 0 Å². The van der Waals surface area contributed by atoms with Gasteiger partial charge < -0.3 is 35.7 Å². The summed E-state index contributed by atoms with van der Waals surface area (Å²) < 4.78 is 0. The van der Waals surface area contributed by atoms with Crippen LogP contribution in [0.5, 0.6) is 0 Å². The molecular formula is C24H48O8. The van der Waals surface area contributed by atoms with Crippen LogP contribution >= 0.6 is 0 Å². The predicted octanol–water partition coefficient (Wildman–Crippen LogP) is 2.52. The van der Waals surface area contributed by atoms with Gasteiger partial charge in [-0.05, 0) is 32.1 Å². The van der Waals surface area contributed by atoms with Gasteiger partial charge in [-0.2, -0.15) is 0 Å². The molecule has 192 valence electrons. The van der Waals surface area contributed by atoms with Gasteiger partial charge in [0.1, 0.15) is 24.4 Å². The quantitative estimate of drug-likeness (QED) is 0.107. The average molecular weight is 465 g/mol. The van der Waals surface area contributed by atoms with Crippen molar-refractivity contribution in [3.8, 4) is 0 Å². The molecule has 0 saturated heterocycles. The van der Waals surface area contributed by atoms with Crippen LogP contribution < -0.4 is 0 Å². The third-order valence-corrected chi connectivity index (χ3v) is 5.16. The highest BCUT2D eigenvalue weighted by Crippen LogP contribution is 2.10. The van der Waals surface area contributed by atoms with Gasteiger partial charge in [-0.15, -0.1) is 0 Å². The molecule has 0 saturated carbocycles. The summed E-state index contributed by atoms with van der Waals surface area (Å²) in [7, 11) is 0. The van der Waals surface area contributed by atoms with Gasteiger partial charge in [0.15, 0.2) is 0 Å². The van der Waals surface area contributed by atoms with Crippen LogP contribution in [0.4, 0.5) is 0 Å². The highest BCUT2D eigenvalue weighted by molar-refractivity contribution is 5.66. The van der Waals surface area contributed by atoms with Crippen molar-refractivity contribution in [3.05, 3.63) is 12.2 Å². The van der Waals surface area contributed by atoms with E-state index < -0.39 is 43.6 Å². The van der Waals surface area contributed by atoms with Crippen molar-refractivity contribution in [1.29, 1.82) is 0 Å². The monoisotopic (exact) mass is 464 g/mol. The standard InChI is InChI=1S/C18H34O2.C6H14O6/c1-2-3-4-5-6-7-8-9-10-11-12-13-14-15-16-17-18(19)20;7-1-3(9)5(11)6(12)4(10)2-8/h9-10H,2-8,11-17H2,1H3,(H,19,20);3-12H,1-2H2/b10-9+;/t;3-,4+,5-,6-/m.1/s1. The van der Waals surface area contributed by atoms with Crippen LogP contribution in [0.15, 0.2) is 12.2 Å². The number of aliphatic hydroxyl groups is 6. The zero-order valence-electron chi connectivity index (χ0n) is 19.8. The second-order valence-corrected chi connectivity index (χ2v) is 8.21. The minimum atomic E-state index is -1.67. The molecule has 0 heterocycles. The molecule has 0 aliphatic rings. The van der Waals surface area contributed by atoms with Gasteiger partial charge >= 0.3 is 5.97 Å². The number of unbranched alkanes of at least 4 members (excludes halogenated alkanes) is 11. The number of hydrogen-bond donors (Lipinski definition) is 7.